The molecule has 0 amide bonds. The Labute approximate surface area is 165 Å². The maximum atomic E-state index is 14.7. The Balaban J connectivity index is 1.74. The lowest BCUT2D eigenvalue weighted by atomic mass is 9.95. The molecule has 2 fully saturated rings. The van der Waals surface area contributed by atoms with Crippen LogP contribution in [0.15, 0.2) is 16.6 Å². The molecule has 1 aliphatic heterocycles. The molecule has 1 atom stereocenters. The van der Waals surface area contributed by atoms with Crippen molar-refractivity contribution >= 4 is 32.7 Å². The van der Waals surface area contributed by atoms with Crippen LogP contribution in [0.5, 0.6) is 6.01 Å². The predicted molar refractivity (Wildman–Crippen MR) is 104 cm³/mol. The lowest BCUT2D eigenvalue weighted by Crippen LogP contribution is -2.46. The largest absolute Gasteiger partial charge is 0.463 e. The first kappa shape index (κ1) is 18.8. The number of aliphatic hydroxyl groups excluding tert-OH is 1. The van der Waals surface area contributed by atoms with Crippen molar-refractivity contribution in [3.05, 3.63) is 22.4 Å². The third kappa shape index (κ3) is 3.75. The SMILES string of the molecule is CC1(O)CCCN(c2nc(OCC3(CO)CC3)nc3c(F)c(Br)ccc23)C1. The zero-order chi connectivity index (χ0) is 19.2. The molecule has 27 heavy (non-hydrogen) atoms. The quantitative estimate of drug-likeness (QED) is 0.745. The van der Waals surface area contributed by atoms with Crippen LogP contribution in [0.2, 0.25) is 0 Å². The van der Waals surface area contributed by atoms with Gasteiger partial charge in [0.2, 0.25) is 0 Å². The van der Waals surface area contributed by atoms with E-state index < -0.39 is 11.4 Å². The maximum Gasteiger partial charge on any atom is 0.319 e. The van der Waals surface area contributed by atoms with Crippen molar-refractivity contribution in [2.45, 2.75) is 38.2 Å². The number of fused-ring (bicyclic) bond motifs is 1. The summed E-state index contributed by atoms with van der Waals surface area (Å²) in [5, 5.41) is 20.5. The van der Waals surface area contributed by atoms with Gasteiger partial charge in [0.05, 0.1) is 23.3 Å². The minimum atomic E-state index is -0.820. The van der Waals surface area contributed by atoms with Gasteiger partial charge in [0.1, 0.15) is 11.3 Å². The summed E-state index contributed by atoms with van der Waals surface area (Å²) in [5.74, 6) is 0.100. The molecule has 1 aromatic carbocycles. The molecule has 1 unspecified atom stereocenters. The number of nitrogens with zero attached hydrogens (tertiary/aromatic N) is 3. The topological polar surface area (TPSA) is 78.7 Å². The lowest BCUT2D eigenvalue weighted by Gasteiger charge is -2.38. The molecule has 1 saturated heterocycles. The van der Waals surface area contributed by atoms with Gasteiger partial charge in [-0.15, -0.1) is 0 Å². The Kier molecular flexibility index (Phi) is 4.76. The normalized spacial score (nSPS) is 24.3. The molecule has 0 bridgehead atoms. The first-order chi connectivity index (χ1) is 12.8. The van der Waals surface area contributed by atoms with Crippen molar-refractivity contribution in [2.24, 2.45) is 5.41 Å². The van der Waals surface area contributed by atoms with Crippen LogP contribution in [0.25, 0.3) is 10.9 Å². The molecule has 2 N–H and O–H groups in total. The molecule has 1 aromatic heterocycles. The number of halogens is 2. The number of aliphatic hydroxyl groups is 2. The van der Waals surface area contributed by atoms with E-state index in [1.54, 1.807) is 19.1 Å². The fourth-order valence-corrected chi connectivity index (χ4v) is 3.87. The van der Waals surface area contributed by atoms with Crippen molar-refractivity contribution in [2.75, 3.05) is 31.2 Å². The zero-order valence-electron chi connectivity index (χ0n) is 15.2. The predicted octanol–water partition coefficient (Wildman–Crippen LogP) is 3.03. The minimum absolute atomic E-state index is 0.0579. The van der Waals surface area contributed by atoms with Crippen LogP contribution in [0.3, 0.4) is 0 Å². The second kappa shape index (κ2) is 6.83. The van der Waals surface area contributed by atoms with E-state index in [0.29, 0.717) is 28.8 Å². The van der Waals surface area contributed by atoms with Gasteiger partial charge in [0.25, 0.3) is 0 Å². The number of benzene rings is 1. The molecular weight excluding hydrogens is 417 g/mol. The van der Waals surface area contributed by atoms with Crippen LogP contribution >= 0.6 is 15.9 Å². The van der Waals surface area contributed by atoms with Crippen molar-refractivity contribution in [3.63, 3.8) is 0 Å². The van der Waals surface area contributed by atoms with Crippen molar-refractivity contribution < 1.29 is 19.3 Å². The smallest absolute Gasteiger partial charge is 0.319 e. The van der Waals surface area contributed by atoms with E-state index in [1.807, 2.05) is 4.90 Å². The van der Waals surface area contributed by atoms with E-state index in [1.165, 1.54) is 0 Å². The molecular formula is C19H23BrFN3O3. The Bertz CT molecular complexity index is 873. The summed E-state index contributed by atoms with van der Waals surface area (Å²) >= 11 is 3.21. The van der Waals surface area contributed by atoms with Crippen LogP contribution in [0.4, 0.5) is 10.2 Å². The van der Waals surface area contributed by atoms with Crippen LogP contribution in [0, 0.1) is 11.2 Å². The Hall–Kier alpha value is -1.51. The standard InChI is InChI=1S/C19H23BrFN3O3/c1-18(26)5-2-8-24(9-18)16-12-3-4-13(20)14(21)15(12)22-17(23-16)27-11-19(10-25)6-7-19/h3-4,25-26H,2,5-11H2,1H3. The van der Waals surface area contributed by atoms with Crippen molar-refractivity contribution in [1.82, 2.24) is 9.97 Å². The van der Waals surface area contributed by atoms with Gasteiger partial charge in [-0.3, -0.25) is 0 Å². The highest BCUT2D eigenvalue weighted by molar-refractivity contribution is 9.10. The Morgan fingerprint density at radius 2 is 2.07 bits per heavy atom. The number of rotatable bonds is 5. The molecule has 1 aliphatic carbocycles. The molecule has 4 rings (SSSR count). The van der Waals surface area contributed by atoms with Crippen LogP contribution < -0.4 is 9.64 Å². The second-order valence-electron chi connectivity index (χ2n) is 8.06. The fraction of sp³-hybridized carbons (Fsp3) is 0.579. The number of piperidine rings is 1. The number of anilines is 1. The molecule has 2 heterocycles. The van der Waals surface area contributed by atoms with Gasteiger partial charge in [-0.05, 0) is 60.7 Å². The molecule has 1 saturated carbocycles. The highest BCUT2D eigenvalue weighted by Crippen LogP contribution is 2.45. The summed E-state index contributed by atoms with van der Waals surface area (Å²) in [5.41, 5.74) is -0.855. The van der Waals surface area contributed by atoms with Crippen LogP contribution in [-0.2, 0) is 0 Å². The van der Waals surface area contributed by atoms with E-state index in [-0.39, 0.29) is 23.5 Å². The summed E-state index contributed by atoms with van der Waals surface area (Å²) in [6, 6.07) is 3.51. The first-order valence-electron chi connectivity index (χ1n) is 9.19. The third-order valence-corrected chi connectivity index (χ3v) is 6.11. The molecule has 146 valence electrons. The fourth-order valence-electron chi connectivity index (χ4n) is 3.55. The third-order valence-electron chi connectivity index (χ3n) is 5.49. The number of β-amino-alcohol motifs (C(OH)–C–C–N with tert-alkyl or cyclic N) is 1. The Morgan fingerprint density at radius 3 is 2.74 bits per heavy atom. The van der Waals surface area contributed by atoms with E-state index in [2.05, 4.69) is 25.9 Å². The minimum Gasteiger partial charge on any atom is -0.463 e. The first-order valence-corrected chi connectivity index (χ1v) is 9.99. The Morgan fingerprint density at radius 1 is 1.30 bits per heavy atom. The van der Waals surface area contributed by atoms with Crippen molar-refractivity contribution in [3.8, 4) is 6.01 Å². The average molecular weight is 440 g/mol. The van der Waals surface area contributed by atoms with Gasteiger partial charge in [-0.25, -0.2) is 4.39 Å². The molecule has 0 spiro atoms. The van der Waals surface area contributed by atoms with Gasteiger partial charge < -0.3 is 19.8 Å². The van der Waals surface area contributed by atoms with Gasteiger partial charge in [-0.1, -0.05) is 0 Å². The molecule has 0 radical (unpaired) electrons. The van der Waals surface area contributed by atoms with E-state index >= 15 is 0 Å². The summed E-state index contributed by atoms with van der Waals surface area (Å²) in [7, 11) is 0. The number of ether oxygens (including phenoxy) is 1. The van der Waals surface area contributed by atoms with Gasteiger partial charge in [0, 0.05) is 23.9 Å². The second-order valence-corrected chi connectivity index (χ2v) is 8.91. The molecule has 2 aromatic rings. The number of hydrogen-bond donors (Lipinski definition) is 2. The highest BCUT2D eigenvalue weighted by atomic mass is 79.9. The van der Waals surface area contributed by atoms with Gasteiger partial charge >= 0.3 is 6.01 Å². The lowest BCUT2D eigenvalue weighted by molar-refractivity contribution is 0.0447. The number of hydrogen-bond acceptors (Lipinski definition) is 6. The monoisotopic (exact) mass is 439 g/mol. The van der Waals surface area contributed by atoms with Crippen LogP contribution in [-0.4, -0.2) is 52.1 Å². The molecule has 8 heteroatoms. The summed E-state index contributed by atoms with van der Waals surface area (Å²) < 4.78 is 20.8. The van der Waals surface area contributed by atoms with E-state index in [0.717, 1.165) is 32.2 Å². The summed E-state index contributed by atoms with van der Waals surface area (Å²) in [6.07, 6.45) is 3.34. The summed E-state index contributed by atoms with van der Waals surface area (Å²) in [4.78, 5) is 10.8. The van der Waals surface area contributed by atoms with E-state index in [9.17, 15) is 14.6 Å². The maximum absolute atomic E-state index is 14.7. The molecule has 2 aliphatic rings. The van der Waals surface area contributed by atoms with Gasteiger partial charge in [-0.2, -0.15) is 9.97 Å². The van der Waals surface area contributed by atoms with Crippen LogP contribution in [0.1, 0.15) is 32.6 Å². The average Bonchev–Trinajstić information content (AvgIpc) is 3.42. The highest BCUT2D eigenvalue weighted by Gasteiger charge is 2.43. The van der Waals surface area contributed by atoms with E-state index in [4.69, 9.17) is 4.74 Å². The number of aromatic nitrogens is 2. The zero-order valence-corrected chi connectivity index (χ0v) is 16.8. The summed E-state index contributed by atoms with van der Waals surface area (Å²) in [6.45, 7) is 3.30. The van der Waals surface area contributed by atoms with Crippen molar-refractivity contribution in [1.29, 1.82) is 0 Å². The molecule has 6 nitrogen and oxygen atoms in total. The van der Waals surface area contributed by atoms with Gasteiger partial charge in [0.15, 0.2) is 5.82 Å².